The molecule has 1 heterocycles. The first-order chi connectivity index (χ1) is 6.91. The summed E-state index contributed by atoms with van der Waals surface area (Å²) in [4.78, 5) is 14.1. The van der Waals surface area contributed by atoms with Gasteiger partial charge in [-0.3, -0.25) is 4.79 Å². The summed E-state index contributed by atoms with van der Waals surface area (Å²) >= 11 is 3.43. The van der Waals surface area contributed by atoms with Gasteiger partial charge in [0.25, 0.3) is 5.91 Å². The molecule has 1 aromatic carbocycles. The lowest BCUT2D eigenvalue weighted by molar-refractivity contribution is 0.0609. The molecule has 0 atom stereocenters. The Bertz CT molecular complexity index is 420. The molecule has 1 aliphatic rings. The van der Waals surface area contributed by atoms with Crippen molar-refractivity contribution in [2.24, 2.45) is 0 Å². The van der Waals surface area contributed by atoms with Gasteiger partial charge in [0.15, 0.2) is 0 Å². The van der Waals surface area contributed by atoms with Gasteiger partial charge in [0.05, 0.1) is 5.56 Å². The second-order valence-corrected chi connectivity index (χ2v) is 5.69. The van der Waals surface area contributed by atoms with Crippen molar-refractivity contribution in [3.63, 3.8) is 0 Å². The van der Waals surface area contributed by atoms with Gasteiger partial charge in [-0.25, -0.2) is 0 Å². The van der Waals surface area contributed by atoms with Crippen LogP contribution in [0.15, 0.2) is 22.7 Å². The summed E-state index contributed by atoms with van der Waals surface area (Å²) < 4.78 is 0.900. The molecule has 0 saturated heterocycles. The number of halogens is 1. The molecular weight excluding hydrogens is 254 g/mol. The average Bonchev–Trinajstić information content (AvgIpc) is 2.44. The Morgan fingerprint density at radius 3 is 2.53 bits per heavy atom. The second-order valence-electron chi connectivity index (χ2n) is 4.84. The number of hydrogen-bond acceptors (Lipinski definition) is 1. The Kier molecular flexibility index (Phi) is 2.38. The van der Waals surface area contributed by atoms with E-state index in [2.05, 4.69) is 36.7 Å². The fourth-order valence-corrected chi connectivity index (χ4v) is 2.44. The molecule has 0 unspecified atom stereocenters. The van der Waals surface area contributed by atoms with Crippen molar-refractivity contribution in [3.05, 3.63) is 33.8 Å². The van der Waals surface area contributed by atoms with Crippen LogP contribution < -0.4 is 0 Å². The normalized spacial score (nSPS) is 15.7. The first kappa shape index (κ1) is 10.7. The first-order valence-corrected chi connectivity index (χ1v) is 5.80. The van der Waals surface area contributed by atoms with E-state index in [1.807, 2.05) is 23.1 Å². The third-order valence-corrected chi connectivity index (χ3v) is 3.36. The molecule has 0 saturated carbocycles. The number of carbonyl (C=O) groups excluding carboxylic acids is 1. The summed E-state index contributed by atoms with van der Waals surface area (Å²) in [6, 6.07) is 5.91. The predicted molar refractivity (Wildman–Crippen MR) is 63.8 cm³/mol. The SMILES string of the molecule is CC(C)(C)N1Cc2cccc(Br)c2C1=O. The third-order valence-electron chi connectivity index (χ3n) is 2.70. The number of benzene rings is 1. The minimum Gasteiger partial charge on any atom is -0.329 e. The van der Waals surface area contributed by atoms with Gasteiger partial charge in [0, 0.05) is 16.6 Å². The van der Waals surface area contributed by atoms with E-state index >= 15 is 0 Å². The maximum atomic E-state index is 12.2. The minimum atomic E-state index is -0.116. The molecule has 1 aliphatic heterocycles. The lowest BCUT2D eigenvalue weighted by atomic mass is 10.1. The highest BCUT2D eigenvalue weighted by Crippen LogP contribution is 2.33. The Balaban J connectivity index is 2.47. The van der Waals surface area contributed by atoms with Crippen LogP contribution in [0.25, 0.3) is 0 Å². The van der Waals surface area contributed by atoms with Crippen LogP contribution in [-0.2, 0) is 6.54 Å². The minimum absolute atomic E-state index is 0.116. The topological polar surface area (TPSA) is 20.3 Å². The molecule has 1 aromatic rings. The molecule has 0 N–H and O–H groups in total. The van der Waals surface area contributed by atoms with Gasteiger partial charge in [0.2, 0.25) is 0 Å². The molecule has 15 heavy (non-hydrogen) atoms. The lowest BCUT2D eigenvalue weighted by Gasteiger charge is -2.31. The molecule has 2 nitrogen and oxygen atoms in total. The highest BCUT2D eigenvalue weighted by atomic mass is 79.9. The summed E-state index contributed by atoms with van der Waals surface area (Å²) in [5.74, 6) is 0.130. The molecule has 0 aromatic heterocycles. The smallest absolute Gasteiger partial charge is 0.256 e. The predicted octanol–water partition coefficient (Wildman–Crippen LogP) is 3.20. The van der Waals surface area contributed by atoms with E-state index in [0.717, 1.165) is 22.1 Å². The van der Waals surface area contributed by atoms with Crippen LogP contribution in [-0.4, -0.2) is 16.3 Å². The standard InChI is InChI=1S/C12H14BrNO/c1-12(2,3)14-7-8-5-4-6-9(13)10(8)11(14)15/h4-6H,7H2,1-3H3. The zero-order valence-electron chi connectivity index (χ0n) is 9.17. The van der Waals surface area contributed by atoms with Crippen LogP contribution in [0.4, 0.5) is 0 Å². The summed E-state index contributed by atoms with van der Waals surface area (Å²) in [5, 5.41) is 0. The molecule has 0 fully saturated rings. The summed E-state index contributed by atoms with van der Waals surface area (Å²) in [7, 11) is 0. The second kappa shape index (κ2) is 3.34. The fraction of sp³-hybridized carbons (Fsp3) is 0.417. The van der Waals surface area contributed by atoms with Crippen LogP contribution in [0, 0.1) is 0 Å². The Morgan fingerprint density at radius 2 is 2.00 bits per heavy atom. The van der Waals surface area contributed by atoms with Crippen LogP contribution in [0.3, 0.4) is 0 Å². The number of rotatable bonds is 0. The van der Waals surface area contributed by atoms with Crippen molar-refractivity contribution in [1.82, 2.24) is 4.90 Å². The molecule has 0 aliphatic carbocycles. The maximum absolute atomic E-state index is 12.2. The molecule has 3 heteroatoms. The monoisotopic (exact) mass is 267 g/mol. The van der Waals surface area contributed by atoms with Crippen molar-refractivity contribution < 1.29 is 4.79 Å². The van der Waals surface area contributed by atoms with Crippen molar-refractivity contribution in [2.45, 2.75) is 32.9 Å². The van der Waals surface area contributed by atoms with E-state index in [1.54, 1.807) is 0 Å². The van der Waals surface area contributed by atoms with E-state index in [-0.39, 0.29) is 11.4 Å². The van der Waals surface area contributed by atoms with Gasteiger partial charge in [-0.1, -0.05) is 12.1 Å². The van der Waals surface area contributed by atoms with Gasteiger partial charge in [-0.2, -0.15) is 0 Å². The van der Waals surface area contributed by atoms with Crippen LogP contribution in [0.2, 0.25) is 0 Å². The first-order valence-electron chi connectivity index (χ1n) is 5.00. The molecular formula is C12H14BrNO. The van der Waals surface area contributed by atoms with Crippen molar-refractivity contribution >= 4 is 21.8 Å². The van der Waals surface area contributed by atoms with Crippen molar-refractivity contribution in [3.8, 4) is 0 Å². The Morgan fingerprint density at radius 1 is 1.33 bits per heavy atom. The number of nitrogens with zero attached hydrogens (tertiary/aromatic N) is 1. The molecule has 1 amide bonds. The Hall–Kier alpha value is -0.830. The van der Waals surface area contributed by atoms with Crippen LogP contribution in [0.1, 0.15) is 36.7 Å². The molecule has 0 radical (unpaired) electrons. The number of fused-ring (bicyclic) bond motifs is 1. The summed E-state index contributed by atoms with van der Waals surface area (Å²) in [6.07, 6.45) is 0. The number of hydrogen-bond donors (Lipinski definition) is 0. The quantitative estimate of drug-likeness (QED) is 0.707. The van der Waals surface area contributed by atoms with E-state index in [0.29, 0.717) is 0 Å². The van der Waals surface area contributed by atoms with Gasteiger partial charge in [-0.05, 0) is 48.3 Å². The highest BCUT2D eigenvalue weighted by molar-refractivity contribution is 9.10. The van der Waals surface area contributed by atoms with Crippen LogP contribution in [0.5, 0.6) is 0 Å². The average molecular weight is 268 g/mol. The van der Waals surface area contributed by atoms with Crippen molar-refractivity contribution in [1.29, 1.82) is 0 Å². The summed E-state index contributed by atoms with van der Waals surface area (Å²) in [6.45, 7) is 6.90. The molecule has 0 bridgehead atoms. The number of carbonyl (C=O) groups is 1. The number of amides is 1. The van der Waals surface area contributed by atoms with E-state index < -0.39 is 0 Å². The van der Waals surface area contributed by atoms with Crippen LogP contribution >= 0.6 is 15.9 Å². The van der Waals surface area contributed by atoms with E-state index in [4.69, 9.17) is 0 Å². The van der Waals surface area contributed by atoms with Gasteiger partial charge >= 0.3 is 0 Å². The van der Waals surface area contributed by atoms with Gasteiger partial charge < -0.3 is 4.90 Å². The zero-order chi connectivity index (χ0) is 11.2. The Labute approximate surface area is 98.4 Å². The van der Waals surface area contributed by atoms with Gasteiger partial charge in [-0.15, -0.1) is 0 Å². The highest BCUT2D eigenvalue weighted by Gasteiger charge is 2.35. The fourth-order valence-electron chi connectivity index (χ4n) is 1.86. The molecule has 0 spiro atoms. The maximum Gasteiger partial charge on any atom is 0.256 e. The summed E-state index contributed by atoms with van der Waals surface area (Å²) in [5.41, 5.74) is 1.83. The van der Waals surface area contributed by atoms with E-state index in [1.165, 1.54) is 0 Å². The zero-order valence-corrected chi connectivity index (χ0v) is 10.8. The van der Waals surface area contributed by atoms with Crippen molar-refractivity contribution in [2.75, 3.05) is 0 Å². The lowest BCUT2D eigenvalue weighted by Crippen LogP contribution is -2.41. The third kappa shape index (κ3) is 1.69. The largest absolute Gasteiger partial charge is 0.329 e. The van der Waals surface area contributed by atoms with E-state index in [9.17, 15) is 4.79 Å². The van der Waals surface area contributed by atoms with Gasteiger partial charge in [0.1, 0.15) is 0 Å². The molecule has 2 rings (SSSR count). The molecule has 80 valence electrons.